The van der Waals surface area contributed by atoms with Gasteiger partial charge in [-0.3, -0.25) is 0 Å². The lowest BCUT2D eigenvalue weighted by Crippen LogP contribution is -2.19. The molecule has 0 aromatic carbocycles. The van der Waals surface area contributed by atoms with Crippen molar-refractivity contribution in [1.82, 2.24) is 19.5 Å². The van der Waals surface area contributed by atoms with Gasteiger partial charge in [-0.05, 0) is 12.8 Å². The summed E-state index contributed by atoms with van der Waals surface area (Å²) >= 11 is 4.25. The van der Waals surface area contributed by atoms with E-state index in [1.54, 1.807) is 6.33 Å². The fraction of sp³-hybridized carbons (Fsp3) is 0.545. The summed E-state index contributed by atoms with van der Waals surface area (Å²) in [7, 11) is 0. The van der Waals surface area contributed by atoms with Crippen LogP contribution in [0.3, 0.4) is 0 Å². The smallest absolute Gasteiger partial charge is 0.164 e. The van der Waals surface area contributed by atoms with Crippen LogP contribution < -0.4 is 0 Å². The Labute approximate surface area is 109 Å². The number of imidazole rings is 1. The molecule has 0 spiro atoms. The van der Waals surface area contributed by atoms with Crippen molar-refractivity contribution in [1.29, 1.82) is 0 Å². The second kappa shape index (κ2) is 4.83. The fourth-order valence-corrected chi connectivity index (χ4v) is 2.48. The number of nitrogens with zero attached hydrogens (tertiary/aromatic N) is 4. The van der Waals surface area contributed by atoms with Crippen LogP contribution in [0, 0.1) is 0 Å². The number of ether oxygens (including phenoxy) is 1. The molecule has 1 fully saturated rings. The van der Waals surface area contributed by atoms with Gasteiger partial charge >= 0.3 is 0 Å². The summed E-state index contributed by atoms with van der Waals surface area (Å²) in [4.78, 5) is 12.5. The molecular weight excluding hydrogens is 252 g/mol. The Hall–Kier alpha value is -1.18. The van der Waals surface area contributed by atoms with Gasteiger partial charge in [-0.25, -0.2) is 15.0 Å². The first-order valence-corrected chi connectivity index (χ1v) is 6.33. The number of aliphatic hydroxyl groups is 1. The van der Waals surface area contributed by atoms with Crippen molar-refractivity contribution < 1.29 is 9.84 Å². The molecule has 3 rings (SSSR count). The maximum absolute atomic E-state index is 9.04. The third kappa shape index (κ3) is 2.09. The Morgan fingerprint density at radius 2 is 2.17 bits per heavy atom. The van der Waals surface area contributed by atoms with E-state index in [-0.39, 0.29) is 18.8 Å². The van der Waals surface area contributed by atoms with E-state index in [0.717, 1.165) is 18.5 Å². The monoisotopic (exact) mass is 266 g/mol. The Balaban J connectivity index is 1.81. The first-order valence-electron chi connectivity index (χ1n) is 5.89. The lowest BCUT2D eigenvalue weighted by molar-refractivity contribution is 0.00536. The molecule has 1 aliphatic rings. The molecule has 6 nitrogen and oxygen atoms in total. The average molecular weight is 266 g/mol. The lowest BCUT2D eigenvalue weighted by Gasteiger charge is -2.12. The van der Waals surface area contributed by atoms with Crippen LogP contribution in [0.1, 0.15) is 12.8 Å². The van der Waals surface area contributed by atoms with Crippen molar-refractivity contribution >= 4 is 23.8 Å². The van der Waals surface area contributed by atoms with Gasteiger partial charge in [0.2, 0.25) is 0 Å². The third-order valence-electron chi connectivity index (χ3n) is 3.18. The van der Waals surface area contributed by atoms with Crippen LogP contribution in [0.15, 0.2) is 17.7 Å². The number of hydrogen-bond acceptors (Lipinski definition) is 6. The van der Waals surface area contributed by atoms with Gasteiger partial charge in [0.15, 0.2) is 5.65 Å². The number of aliphatic hydroxyl groups excluding tert-OH is 1. The first kappa shape index (κ1) is 11.9. The van der Waals surface area contributed by atoms with Crippen LogP contribution in [-0.2, 0) is 11.3 Å². The first-order chi connectivity index (χ1) is 8.78. The molecule has 1 saturated heterocycles. The molecule has 3 heterocycles. The number of hydrogen-bond donors (Lipinski definition) is 2. The Morgan fingerprint density at radius 3 is 2.94 bits per heavy atom. The van der Waals surface area contributed by atoms with E-state index in [1.165, 1.54) is 6.33 Å². The average Bonchev–Trinajstić information content (AvgIpc) is 2.98. The summed E-state index contributed by atoms with van der Waals surface area (Å²) < 4.78 is 7.65. The van der Waals surface area contributed by atoms with E-state index < -0.39 is 0 Å². The van der Waals surface area contributed by atoms with Gasteiger partial charge in [0.25, 0.3) is 0 Å². The standard InChI is InChI=1S/C11H14N4O2S/c16-4-8-2-1-7(17-8)3-15-6-14-9-10(15)12-5-13-11(9)18/h5-8,16H,1-4H2,(H,12,13,18)/t7-,8+/m1/s1. The van der Waals surface area contributed by atoms with Crippen LogP contribution in [-0.4, -0.2) is 43.4 Å². The summed E-state index contributed by atoms with van der Waals surface area (Å²) in [5.74, 6) is 0. The summed E-state index contributed by atoms with van der Waals surface area (Å²) in [5, 5.41) is 9.63. The maximum atomic E-state index is 9.04. The van der Waals surface area contributed by atoms with Crippen molar-refractivity contribution in [3.63, 3.8) is 0 Å². The molecule has 2 aromatic rings. The number of aromatic nitrogens is 4. The lowest BCUT2D eigenvalue weighted by atomic mass is 10.2. The van der Waals surface area contributed by atoms with Crippen molar-refractivity contribution in [2.24, 2.45) is 0 Å². The van der Waals surface area contributed by atoms with E-state index in [2.05, 4.69) is 27.6 Å². The maximum Gasteiger partial charge on any atom is 0.164 e. The summed E-state index contributed by atoms with van der Waals surface area (Å²) in [6.07, 6.45) is 5.14. The fourth-order valence-electron chi connectivity index (χ4n) is 2.27. The van der Waals surface area contributed by atoms with Crippen LogP contribution in [0.5, 0.6) is 0 Å². The SMILES string of the molecule is OC[C@@H]1CC[C@H](Cn2cnc3c(S)ncnc32)O1. The minimum absolute atomic E-state index is 0.0279. The highest BCUT2D eigenvalue weighted by molar-refractivity contribution is 7.80. The van der Waals surface area contributed by atoms with E-state index in [4.69, 9.17) is 9.84 Å². The molecule has 2 atom stereocenters. The van der Waals surface area contributed by atoms with E-state index in [0.29, 0.717) is 17.1 Å². The largest absolute Gasteiger partial charge is 0.394 e. The molecule has 7 heteroatoms. The van der Waals surface area contributed by atoms with Gasteiger partial charge in [0.05, 0.1) is 31.7 Å². The number of thiol groups is 1. The molecule has 0 radical (unpaired) electrons. The van der Waals surface area contributed by atoms with Gasteiger partial charge in [-0.1, -0.05) is 0 Å². The summed E-state index contributed by atoms with van der Waals surface area (Å²) in [6.45, 7) is 0.779. The molecule has 0 aliphatic carbocycles. The minimum atomic E-state index is -0.0279. The quantitative estimate of drug-likeness (QED) is 0.630. The highest BCUT2D eigenvalue weighted by atomic mass is 32.1. The zero-order valence-corrected chi connectivity index (χ0v) is 10.6. The zero-order chi connectivity index (χ0) is 12.5. The van der Waals surface area contributed by atoms with E-state index >= 15 is 0 Å². The third-order valence-corrected chi connectivity index (χ3v) is 3.51. The minimum Gasteiger partial charge on any atom is -0.394 e. The van der Waals surface area contributed by atoms with Gasteiger partial charge in [-0.2, -0.15) is 0 Å². The second-order valence-electron chi connectivity index (χ2n) is 4.41. The van der Waals surface area contributed by atoms with Crippen LogP contribution >= 0.6 is 12.6 Å². The molecule has 0 saturated carbocycles. The van der Waals surface area contributed by atoms with Crippen molar-refractivity contribution in [2.45, 2.75) is 36.6 Å². The molecule has 0 amide bonds. The molecule has 96 valence electrons. The van der Waals surface area contributed by atoms with Crippen LogP contribution in [0.25, 0.3) is 11.2 Å². The molecule has 1 N–H and O–H groups in total. The van der Waals surface area contributed by atoms with Gasteiger partial charge in [0, 0.05) is 0 Å². The van der Waals surface area contributed by atoms with Gasteiger partial charge in [-0.15, -0.1) is 12.6 Å². The van der Waals surface area contributed by atoms with Crippen molar-refractivity contribution in [2.75, 3.05) is 6.61 Å². The summed E-state index contributed by atoms with van der Waals surface area (Å²) in [6, 6.07) is 0. The van der Waals surface area contributed by atoms with Crippen molar-refractivity contribution in [3.8, 4) is 0 Å². The number of fused-ring (bicyclic) bond motifs is 1. The summed E-state index contributed by atoms with van der Waals surface area (Å²) in [5.41, 5.74) is 1.48. The van der Waals surface area contributed by atoms with Gasteiger partial charge in [0.1, 0.15) is 16.9 Å². The zero-order valence-electron chi connectivity index (χ0n) is 9.73. The van der Waals surface area contributed by atoms with Crippen LogP contribution in [0.4, 0.5) is 0 Å². The van der Waals surface area contributed by atoms with Crippen LogP contribution in [0.2, 0.25) is 0 Å². The predicted molar refractivity (Wildman–Crippen MR) is 67.6 cm³/mol. The molecular formula is C11H14N4O2S. The highest BCUT2D eigenvalue weighted by Gasteiger charge is 2.25. The molecule has 1 aliphatic heterocycles. The Morgan fingerprint density at radius 1 is 1.33 bits per heavy atom. The van der Waals surface area contributed by atoms with E-state index in [1.807, 2.05) is 4.57 Å². The van der Waals surface area contributed by atoms with Crippen molar-refractivity contribution in [3.05, 3.63) is 12.7 Å². The van der Waals surface area contributed by atoms with E-state index in [9.17, 15) is 0 Å². The Kier molecular flexibility index (Phi) is 3.19. The normalized spacial score (nSPS) is 23.9. The van der Waals surface area contributed by atoms with Gasteiger partial charge < -0.3 is 14.4 Å². The molecule has 0 bridgehead atoms. The Bertz CT molecular complexity index is 559. The predicted octanol–water partition coefficient (Wildman–Crippen LogP) is 0.655. The second-order valence-corrected chi connectivity index (χ2v) is 4.83. The highest BCUT2D eigenvalue weighted by Crippen LogP contribution is 2.22. The molecule has 2 aromatic heterocycles. The molecule has 18 heavy (non-hydrogen) atoms. The molecule has 0 unspecified atom stereocenters. The number of rotatable bonds is 3. The topological polar surface area (TPSA) is 73.1 Å².